The number of benzene rings is 3. The number of halogens is 2. The quantitative estimate of drug-likeness (QED) is 0.422. The molecule has 0 aliphatic carbocycles. The second-order valence-corrected chi connectivity index (χ2v) is 10.8. The summed E-state index contributed by atoms with van der Waals surface area (Å²) in [5, 5.41) is 3.19. The molecule has 36 heavy (non-hydrogen) atoms. The van der Waals surface area contributed by atoms with Gasteiger partial charge in [-0.15, -0.1) is 0 Å². The number of rotatable bonds is 9. The Morgan fingerprint density at radius 1 is 0.917 bits per heavy atom. The predicted octanol–water partition coefficient (Wildman–Crippen LogP) is 4.66. The molecule has 1 unspecified atom stereocenters. The lowest BCUT2D eigenvalue weighted by Crippen LogP contribution is -2.50. The normalized spacial score (nSPS) is 12.0. The minimum atomic E-state index is -4.10. The van der Waals surface area contributed by atoms with Crippen LogP contribution in [0.5, 0.6) is 0 Å². The van der Waals surface area contributed by atoms with Crippen molar-refractivity contribution in [1.29, 1.82) is 0 Å². The van der Waals surface area contributed by atoms with Crippen molar-refractivity contribution >= 4 is 50.7 Å². The van der Waals surface area contributed by atoms with Crippen molar-refractivity contribution in [3.63, 3.8) is 0 Å². The molecule has 3 rings (SSSR count). The van der Waals surface area contributed by atoms with E-state index in [0.29, 0.717) is 21.3 Å². The van der Waals surface area contributed by atoms with Gasteiger partial charge < -0.3 is 10.2 Å². The summed E-state index contributed by atoms with van der Waals surface area (Å²) in [6.07, 6.45) is 0. The van der Waals surface area contributed by atoms with Gasteiger partial charge in [-0.1, -0.05) is 65.2 Å². The molecule has 0 bridgehead atoms. The summed E-state index contributed by atoms with van der Waals surface area (Å²) in [5.41, 5.74) is 1.71. The maximum Gasteiger partial charge on any atom is 0.264 e. The molecule has 1 N–H and O–H groups in total. The largest absolute Gasteiger partial charge is 0.357 e. The number of hydrogen-bond acceptors (Lipinski definition) is 4. The monoisotopic (exact) mass is 547 g/mol. The van der Waals surface area contributed by atoms with E-state index in [1.165, 1.54) is 24.1 Å². The number of amides is 2. The van der Waals surface area contributed by atoms with E-state index >= 15 is 0 Å². The second kappa shape index (κ2) is 11.8. The number of aryl methyl sites for hydroxylation is 1. The molecule has 0 aliphatic rings. The molecule has 10 heteroatoms. The molecule has 0 aliphatic heterocycles. The molecule has 0 aromatic heterocycles. The standard InChI is InChI=1S/C26H27Cl2N3O4S/c1-18-12-14-20(15-13-18)31(36(34,35)21-8-5-4-6-9-21)17-25(32)30(19(2)26(33)29-3)16-22-23(27)10-7-11-24(22)28/h4-15,19H,16-17H2,1-3H3,(H,29,33). The Morgan fingerprint density at radius 3 is 2.06 bits per heavy atom. The van der Waals surface area contributed by atoms with E-state index in [1.807, 2.05) is 6.92 Å². The van der Waals surface area contributed by atoms with E-state index in [-0.39, 0.29) is 11.4 Å². The second-order valence-electron chi connectivity index (χ2n) is 8.17. The number of nitrogens with one attached hydrogen (secondary N) is 1. The van der Waals surface area contributed by atoms with Crippen LogP contribution in [0.4, 0.5) is 5.69 Å². The summed E-state index contributed by atoms with van der Waals surface area (Å²) in [7, 11) is -2.64. The van der Waals surface area contributed by atoms with Crippen LogP contribution >= 0.6 is 23.2 Å². The van der Waals surface area contributed by atoms with Gasteiger partial charge in [0.25, 0.3) is 10.0 Å². The Balaban J connectivity index is 2.05. The number of likely N-dealkylation sites (N-methyl/N-ethyl adjacent to an activating group) is 1. The molecule has 1 atom stereocenters. The minimum absolute atomic E-state index is 0.0402. The molecule has 0 spiro atoms. The summed E-state index contributed by atoms with van der Waals surface area (Å²) >= 11 is 12.7. The molecule has 0 radical (unpaired) electrons. The lowest BCUT2D eigenvalue weighted by molar-refractivity contribution is -0.139. The Bertz CT molecular complexity index is 1310. The van der Waals surface area contributed by atoms with E-state index in [4.69, 9.17) is 23.2 Å². The fourth-order valence-electron chi connectivity index (χ4n) is 3.60. The summed E-state index contributed by atoms with van der Waals surface area (Å²) < 4.78 is 28.3. The number of carbonyl (C=O) groups excluding carboxylic acids is 2. The molecule has 0 fully saturated rings. The molecule has 3 aromatic carbocycles. The van der Waals surface area contributed by atoms with Crippen molar-refractivity contribution in [2.24, 2.45) is 0 Å². The van der Waals surface area contributed by atoms with Crippen molar-refractivity contribution in [2.75, 3.05) is 17.9 Å². The molecule has 7 nitrogen and oxygen atoms in total. The number of nitrogens with zero attached hydrogens (tertiary/aromatic N) is 2. The summed E-state index contributed by atoms with van der Waals surface area (Å²) in [5.74, 6) is -1.01. The van der Waals surface area contributed by atoms with Crippen molar-refractivity contribution in [2.45, 2.75) is 31.3 Å². The summed E-state index contributed by atoms with van der Waals surface area (Å²) in [6, 6.07) is 18.7. The van der Waals surface area contributed by atoms with Crippen LogP contribution in [-0.4, -0.2) is 44.8 Å². The van der Waals surface area contributed by atoms with Gasteiger partial charge >= 0.3 is 0 Å². The molecule has 0 saturated heterocycles. The first-order chi connectivity index (χ1) is 17.1. The third kappa shape index (κ3) is 6.19. The summed E-state index contributed by atoms with van der Waals surface area (Å²) in [6.45, 7) is 2.82. The van der Waals surface area contributed by atoms with Crippen LogP contribution in [0.25, 0.3) is 0 Å². The van der Waals surface area contributed by atoms with Crippen LogP contribution in [0.2, 0.25) is 10.0 Å². The first kappa shape index (κ1) is 27.5. The predicted molar refractivity (Wildman–Crippen MR) is 143 cm³/mol. The highest BCUT2D eigenvalue weighted by Gasteiger charge is 2.32. The first-order valence-corrected chi connectivity index (χ1v) is 13.3. The highest BCUT2D eigenvalue weighted by molar-refractivity contribution is 7.92. The van der Waals surface area contributed by atoms with Crippen LogP contribution in [0, 0.1) is 6.92 Å². The topological polar surface area (TPSA) is 86.8 Å². The van der Waals surface area contributed by atoms with Gasteiger partial charge in [0.1, 0.15) is 12.6 Å². The van der Waals surface area contributed by atoms with Crippen molar-refractivity contribution in [1.82, 2.24) is 10.2 Å². The van der Waals surface area contributed by atoms with E-state index < -0.39 is 34.4 Å². The zero-order valence-corrected chi connectivity index (χ0v) is 22.4. The molecule has 0 heterocycles. The van der Waals surface area contributed by atoms with Gasteiger partial charge in [0, 0.05) is 29.2 Å². The van der Waals surface area contributed by atoms with Gasteiger partial charge in [0.05, 0.1) is 10.6 Å². The van der Waals surface area contributed by atoms with E-state index in [2.05, 4.69) is 5.32 Å². The van der Waals surface area contributed by atoms with Crippen molar-refractivity contribution in [3.05, 3.63) is 94.0 Å². The molecule has 3 aromatic rings. The number of anilines is 1. The minimum Gasteiger partial charge on any atom is -0.357 e. The van der Waals surface area contributed by atoms with Gasteiger partial charge in [-0.05, 0) is 50.2 Å². The average molecular weight is 548 g/mol. The number of sulfonamides is 1. The lowest BCUT2D eigenvalue weighted by atomic mass is 10.1. The Morgan fingerprint density at radius 2 is 1.50 bits per heavy atom. The van der Waals surface area contributed by atoms with Gasteiger partial charge in [0.2, 0.25) is 11.8 Å². The lowest BCUT2D eigenvalue weighted by Gasteiger charge is -2.32. The average Bonchev–Trinajstić information content (AvgIpc) is 2.87. The van der Waals surface area contributed by atoms with E-state index in [1.54, 1.807) is 67.6 Å². The fraction of sp³-hybridized carbons (Fsp3) is 0.231. The van der Waals surface area contributed by atoms with E-state index in [9.17, 15) is 18.0 Å². The van der Waals surface area contributed by atoms with Crippen LogP contribution in [-0.2, 0) is 26.2 Å². The number of hydrogen-bond donors (Lipinski definition) is 1. The zero-order chi connectivity index (χ0) is 26.5. The molecule has 0 saturated carbocycles. The maximum absolute atomic E-state index is 13.7. The highest BCUT2D eigenvalue weighted by atomic mass is 35.5. The third-order valence-corrected chi connectivity index (χ3v) is 8.23. The first-order valence-electron chi connectivity index (χ1n) is 11.1. The van der Waals surface area contributed by atoms with Gasteiger partial charge in [-0.3, -0.25) is 13.9 Å². The SMILES string of the molecule is CNC(=O)C(C)N(Cc1c(Cl)cccc1Cl)C(=O)CN(c1ccc(C)cc1)S(=O)(=O)c1ccccc1. The molecular formula is C26H27Cl2N3O4S. The van der Waals surface area contributed by atoms with Gasteiger partial charge in [-0.2, -0.15) is 0 Å². The number of carbonyl (C=O) groups is 2. The van der Waals surface area contributed by atoms with Crippen LogP contribution in [0.1, 0.15) is 18.1 Å². The summed E-state index contributed by atoms with van der Waals surface area (Å²) in [4.78, 5) is 27.6. The van der Waals surface area contributed by atoms with E-state index in [0.717, 1.165) is 9.87 Å². The van der Waals surface area contributed by atoms with Crippen LogP contribution in [0.3, 0.4) is 0 Å². The van der Waals surface area contributed by atoms with Crippen molar-refractivity contribution < 1.29 is 18.0 Å². The maximum atomic E-state index is 13.7. The molecular weight excluding hydrogens is 521 g/mol. The van der Waals surface area contributed by atoms with Gasteiger partial charge in [0.15, 0.2) is 0 Å². The highest BCUT2D eigenvalue weighted by Crippen LogP contribution is 2.28. The molecule has 190 valence electrons. The Labute approximate surface area is 221 Å². The van der Waals surface area contributed by atoms with Crippen molar-refractivity contribution in [3.8, 4) is 0 Å². The van der Waals surface area contributed by atoms with Crippen LogP contribution in [0.15, 0.2) is 77.7 Å². The molecule has 2 amide bonds. The fourth-order valence-corrected chi connectivity index (χ4v) is 5.56. The smallest absolute Gasteiger partial charge is 0.264 e. The Kier molecular flexibility index (Phi) is 9.00. The van der Waals surface area contributed by atoms with Gasteiger partial charge in [-0.25, -0.2) is 8.42 Å². The van der Waals surface area contributed by atoms with Crippen LogP contribution < -0.4 is 9.62 Å². The zero-order valence-electron chi connectivity index (χ0n) is 20.1. The third-order valence-electron chi connectivity index (χ3n) is 5.74. The Hall–Kier alpha value is -3.07.